The van der Waals surface area contributed by atoms with Crippen LogP contribution in [-0.2, 0) is 4.74 Å². The van der Waals surface area contributed by atoms with E-state index < -0.39 is 0 Å². The molecule has 0 aliphatic heterocycles. The second-order valence-electron chi connectivity index (χ2n) is 5.47. The Kier molecular flexibility index (Phi) is 7.06. The molecule has 1 aliphatic carbocycles. The molecule has 0 aromatic heterocycles. The number of rotatable bonds is 8. The van der Waals surface area contributed by atoms with Gasteiger partial charge in [0.05, 0.1) is 6.61 Å². The van der Waals surface area contributed by atoms with Crippen LogP contribution in [-0.4, -0.2) is 25.8 Å². The fourth-order valence-electron chi connectivity index (χ4n) is 2.51. The van der Waals surface area contributed by atoms with Crippen LogP contribution >= 0.6 is 0 Å². The van der Waals surface area contributed by atoms with Crippen LogP contribution < -0.4 is 5.32 Å². The molecule has 0 radical (unpaired) electrons. The zero-order valence-corrected chi connectivity index (χ0v) is 11.3. The Balaban J connectivity index is 2.17. The first-order chi connectivity index (χ1) is 7.74. The van der Waals surface area contributed by atoms with Crippen LogP contribution in [0.4, 0.5) is 0 Å². The number of ether oxygens (including phenoxy) is 1. The SMILES string of the molecule is CCNC(COCCC(C)C)C1CCCC1. The van der Waals surface area contributed by atoms with Crippen LogP contribution in [0.3, 0.4) is 0 Å². The van der Waals surface area contributed by atoms with Crippen LogP contribution in [0.15, 0.2) is 0 Å². The first kappa shape index (κ1) is 14.0. The molecule has 0 amide bonds. The van der Waals surface area contributed by atoms with E-state index >= 15 is 0 Å². The highest BCUT2D eigenvalue weighted by Gasteiger charge is 2.24. The molecule has 96 valence electrons. The summed E-state index contributed by atoms with van der Waals surface area (Å²) in [6.07, 6.45) is 6.80. The molecule has 1 N–H and O–H groups in total. The molecular formula is C14H29NO. The van der Waals surface area contributed by atoms with E-state index in [0.29, 0.717) is 6.04 Å². The topological polar surface area (TPSA) is 21.3 Å². The highest BCUT2D eigenvalue weighted by molar-refractivity contribution is 4.80. The maximum Gasteiger partial charge on any atom is 0.0622 e. The monoisotopic (exact) mass is 227 g/mol. The van der Waals surface area contributed by atoms with Gasteiger partial charge in [-0.15, -0.1) is 0 Å². The minimum atomic E-state index is 0.597. The van der Waals surface area contributed by atoms with Crippen molar-refractivity contribution in [2.24, 2.45) is 11.8 Å². The maximum atomic E-state index is 5.81. The lowest BCUT2D eigenvalue weighted by Crippen LogP contribution is -2.39. The highest BCUT2D eigenvalue weighted by Crippen LogP contribution is 2.27. The van der Waals surface area contributed by atoms with E-state index in [0.717, 1.165) is 31.6 Å². The van der Waals surface area contributed by atoms with Gasteiger partial charge in [-0.1, -0.05) is 33.6 Å². The fourth-order valence-corrected chi connectivity index (χ4v) is 2.51. The number of hydrogen-bond acceptors (Lipinski definition) is 2. The molecule has 1 fully saturated rings. The molecule has 2 heteroatoms. The van der Waals surface area contributed by atoms with Crippen LogP contribution in [0, 0.1) is 11.8 Å². The number of nitrogens with one attached hydrogen (secondary N) is 1. The van der Waals surface area contributed by atoms with Crippen LogP contribution in [0.2, 0.25) is 0 Å². The van der Waals surface area contributed by atoms with Crippen molar-refractivity contribution in [2.45, 2.75) is 58.9 Å². The molecule has 1 rings (SSSR count). The standard InChI is InChI=1S/C14H29NO/c1-4-15-14(13-7-5-6-8-13)11-16-10-9-12(2)3/h12-15H,4-11H2,1-3H3. The van der Waals surface area contributed by atoms with Crippen molar-refractivity contribution in [3.63, 3.8) is 0 Å². The molecule has 0 aromatic rings. The lowest BCUT2D eigenvalue weighted by Gasteiger charge is -2.24. The third kappa shape index (κ3) is 5.31. The van der Waals surface area contributed by atoms with Gasteiger partial charge < -0.3 is 10.1 Å². The molecule has 16 heavy (non-hydrogen) atoms. The van der Waals surface area contributed by atoms with Gasteiger partial charge in [0.25, 0.3) is 0 Å². The predicted molar refractivity (Wildman–Crippen MR) is 69.7 cm³/mol. The summed E-state index contributed by atoms with van der Waals surface area (Å²) in [6, 6.07) is 0.597. The minimum Gasteiger partial charge on any atom is -0.380 e. The molecule has 2 nitrogen and oxygen atoms in total. The second-order valence-corrected chi connectivity index (χ2v) is 5.47. The van der Waals surface area contributed by atoms with E-state index in [9.17, 15) is 0 Å². The van der Waals surface area contributed by atoms with E-state index in [-0.39, 0.29) is 0 Å². The van der Waals surface area contributed by atoms with Gasteiger partial charge in [0.15, 0.2) is 0 Å². The zero-order chi connectivity index (χ0) is 11.8. The predicted octanol–water partition coefficient (Wildman–Crippen LogP) is 3.22. The van der Waals surface area contributed by atoms with Crippen molar-refractivity contribution in [1.29, 1.82) is 0 Å². The molecule has 1 atom stereocenters. The third-order valence-corrected chi connectivity index (χ3v) is 3.57. The van der Waals surface area contributed by atoms with Crippen molar-refractivity contribution in [3.8, 4) is 0 Å². The van der Waals surface area contributed by atoms with Crippen LogP contribution in [0.1, 0.15) is 52.9 Å². The van der Waals surface area contributed by atoms with E-state index in [1.807, 2.05) is 0 Å². The first-order valence-electron chi connectivity index (χ1n) is 7.05. The Morgan fingerprint density at radius 2 is 1.94 bits per heavy atom. The Morgan fingerprint density at radius 1 is 1.25 bits per heavy atom. The highest BCUT2D eigenvalue weighted by atomic mass is 16.5. The smallest absolute Gasteiger partial charge is 0.0622 e. The summed E-state index contributed by atoms with van der Waals surface area (Å²) in [5.74, 6) is 1.61. The van der Waals surface area contributed by atoms with Crippen molar-refractivity contribution in [1.82, 2.24) is 5.32 Å². The van der Waals surface area contributed by atoms with Gasteiger partial charge in [0.1, 0.15) is 0 Å². The summed E-state index contributed by atoms with van der Waals surface area (Å²) in [4.78, 5) is 0. The van der Waals surface area contributed by atoms with Gasteiger partial charge in [-0.2, -0.15) is 0 Å². The maximum absolute atomic E-state index is 5.81. The van der Waals surface area contributed by atoms with Gasteiger partial charge >= 0.3 is 0 Å². The van der Waals surface area contributed by atoms with Crippen molar-refractivity contribution >= 4 is 0 Å². The van der Waals surface area contributed by atoms with E-state index in [2.05, 4.69) is 26.1 Å². The second kappa shape index (κ2) is 8.08. The van der Waals surface area contributed by atoms with E-state index in [1.165, 1.54) is 32.1 Å². The Bertz CT molecular complexity index is 164. The van der Waals surface area contributed by atoms with E-state index in [1.54, 1.807) is 0 Å². The average molecular weight is 227 g/mol. The fraction of sp³-hybridized carbons (Fsp3) is 1.00. The molecule has 1 unspecified atom stereocenters. The first-order valence-corrected chi connectivity index (χ1v) is 7.05. The van der Waals surface area contributed by atoms with Crippen LogP contribution in [0.25, 0.3) is 0 Å². The summed E-state index contributed by atoms with van der Waals surface area (Å²) in [6.45, 7) is 9.59. The molecule has 0 heterocycles. The van der Waals surface area contributed by atoms with Gasteiger partial charge in [0, 0.05) is 12.6 Å². The summed E-state index contributed by atoms with van der Waals surface area (Å²) >= 11 is 0. The Labute approximate surface area is 101 Å². The summed E-state index contributed by atoms with van der Waals surface area (Å²) < 4.78 is 5.81. The van der Waals surface area contributed by atoms with E-state index in [4.69, 9.17) is 4.74 Å². The molecular weight excluding hydrogens is 198 g/mol. The van der Waals surface area contributed by atoms with Gasteiger partial charge in [-0.25, -0.2) is 0 Å². The van der Waals surface area contributed by atoms with Crippen LogP contribution in [0.5, 0.6) is 0 Å². The summed E-state index contributed by atoms with van der Waals surface area (Å²) in [5.41, 5.74) is 0. The Morgan fingerprint density at radius 3 is 2.50 bits per heavy atom. The van der Waals surface area contributed by atoms with Crippen molar-refractivity contribution in [2.75, 3.05) is 19.8 Å². The van der Waals surface area contributed by atoms with Gasteiger partial charge in [-0.3, -0.25) is 0 Å². The normalized spacial score (nSPS) is 19.5. The number of likely N-dealkylation sites (N-methyl/N-ethyl adjacent to an activating group) is 1. The average Bonchev–Trinajstić information content (AvgIpc) is 2.75. The summed E-state index contributed by atoms with van der Waals surface area (Å²) in [5, 5.41) is 3.59. The largest absolute Gasteiger partial charge is 0.380 e. The molecule has 0 bridgehead atoms. The molecule has 0 aromatic carbocycles. The molecule has 1 aliphatic rings. The third-order valence-electron chi connectivity index (χ3n) is 3.57. The Hall–Kier alpha value is -0.0800. The zero-order valence-electron chi connectivity index (χ0n) is 11.3. The van der Waals surface area contributed by atoms with Crippen molar-refractivity contribution in [3.05, 3.63) is 0 Å². The van der Waals surface area contributed by atoms with Crippen molar-refractivity contribution < 1.29 is 4.74 Å². The number of hydrogen-bond donors (Lipinski definition) is 1. The van der Waals surface area contributed by atoms with Gasteiger partial charge in [-0.05, 0) is 37.6 Å². The minimum absolute atomic E-state index is 0.597. The lowest BCUT2D eigenvalue weighted by molar-refractivity contribution is 0.0866. The quantitative estimate of drug-likeness (QED) is 0.643. The summed E-state index contributed by atoms with van der Waals surface area (Å²) in [7, 11) is 0. The van der Waals surface area contributed by atoms with Gasteiger partial charge in [0.2, 0.25) is 0 Å². The lowest BCUT2D eigenvalue weighted by atomic mass is 9.99. The molecule has 0 saturated heterocycles. The molecule has 1 saturated carbocycles. The molecule has 0 spiro atoms.